The Labute approximate surface area is 238 Å². The molecule has 0 bridgehead atoms. The lowest BCUT2D eigenvalue weighted by Gasteiger charge is -2.36. The third kappa shape index (κ3) is 8.84. The minimum atomic E-state index is -4.40. The first-order valence-corrected chi connectivity index (χ1v) is 14.3. The number of thioether (sulfide) groups is 1. The lowest BCUT2D eigenvalue weighted by atomic mass is 10.0. The van der Waals surface area contributed by atoms with Crippen molar-refractivity contribution >= 4 is 40.6 Å². The van der Waals surface area contributed by atoms with Gasteiger partial charge in [0.15, 0.2) is 0 Å². The van der Waals surface area contributed by atoms with Crippen LogP contribution >= 0.6 is 23.4 Å². The second-order valence-electron chi connectivity index (χ2n) is 9.97. The predicted octanol–water partition coefficient (Wildman–Crippen LogP) is 6.98. The number of likely N-dealkylation sites (tertiary alicyclic amines) is 1. The quantitative estimate of drug-likeness (QED) is 0.259. The first-order chi connectivity index (χ1) is 18.9. The van der Waals surface area contributed by atoms with Gasteiger partial charge in [-0.15, -0.1) is 0 Å². The number of benzene rings is 2. The molecule has 2 saturated heterocycles. The smallest absolute Gasteiger partial charge is 0.382 e. The second kappa shape index (κ2) is 13.1. The maximum absolute atomic E-state index is 12.8. The summed E-state index contributed by atoms with van der Waals surface area (Å²) in [6, 6.07) is 9.78. The Morgan fingerprint density at radius 1 is 0.925 bits per heavy atom. The van der Waals surface area contributed by atoms with Crippen LogP contribution in [0.1, 0.15) is 31.2 Å². The topological polar surface area (TPSA) is 38.8 Å². The Kier molecular flexibility index (Phi) is 10.0. The van der Waals surface area contributed by atoms with E-state index in [1.807, 2.05) is 4.90 Å². The van der Waals surface area contributed by atoms with Gasteiger partial charge in [-0.3, -0.25) is 9.69 Å². The van der Waals surface area contributed by atoms with Crippen LogP contribution < -0.4 is 10.2 Å². The first kappa shape index (κ1) is 30.6. The van der Waals surface area contributed by atoms with E-state index in [1.165, 1.54) is 24.3 Å². The summed E-state index contributed by atoms with van der Waals surface area (Å²) in [6.45, 7) is 5.01. The Bertz CT molecular complexity index is 1130. The molecule has 2 aliphatic rings. The van der Waals surface area contributed by atoms with Crippen LogP contribution in [0.25, 0.3) is 0 Å². The van der Waals surface area contributed by atoms with Crippen LogP contribution in [-0.4, -0.2) is 73.1 Å². The fraction of sp³-hybridized carbons (Fsp3) is 0.519. The highest BCUT2D eigenvalue weighted by atomic mass is 35.5. The van der Waals surface area contributed by atoms with Crippen LogP contribution in [0, 0.1) is 0 Å². The molecule has 2 aliphatic heterocycles. The van der Waals surface area contributed by atoms with Crippen molar-refractivity contribution in [3.63, 3.8) is 0 Å². The molecule has 13 heteroatoms. The van der Waals surface area contributed by atoms with Crippen molar-refractivity contribution in [2.75, 3.05) is 56.0 Å². The third-order valence-corrected chi connectivity index (χ3v) is 8.41. The molecule has 2 heterocycles. The number of carbonyl (C=O) groups excluding carboxylic acids is 1. The van der Waals surface area contributed by atoms with Crippen LogP contribution in [0.4, 0.5) is 37.7 Å². The summed E-state index contributed by atoms with van der Waals surface area (Å²) in [7, 11) is 0. The molecule has 1 N–H and O–H groups in total. The van der Waals surface area contributed by atoms with Crippen molar-refractivity contribution in [3.8, 4) is 0 Å². The van der Waals surface area contributed by atoms with Crippen LogP contribution in [0.5, 0.6) is 0 Å². The van der Waals surface area contributed by atoms with Gasteiger partial charge in [-0.1, -0.05) is 11.6 Å². The zero-order chi connectivity index (χ0) is 28.9. The molecule has 5 nitrogen and oxygen atoms in total. The van der Waals surface area contributed by atoms with E-state index in [1.54, 1.807) is 6.07 Å². The largest absolute Gasteiger partial charge is 0.446 e. The molecule has 2 aromatic carbocycles. The minimum absolute atomic E-state index is 0.0406. The van der Waals surface area contributed by atoms with Gasteiger partial charge in [-0.25, -0.2) is 0 Å². The molecule has 40 heavy (non-hydrogen) atoms. The van der Waals surface area contributed by atoms with Gasteiger partial charge in [-0.2, -0.15) is 26.3 Å². The summed E-state index contributed by atoms with van der Waals surface area (Å²) < 4.78 is 76.2. The van der Waals surface area contributed by atoms with Gasteiger partial charge in [0.25, 0.3) is 0 Å². The number of piperazine rings is 1. The summed E-state index contributed by atoms with van der Waals surface area (Å²) in [5, 5.41) is 3.35. The summed E-state index contributed by atoms with van der Waals surface area (Å²) in [5.74, 6) is 0.110. The molecule has 220 valence electrons. The van der Waals surface area contributed by atoms with E-state index in [-0.39, 0.29) is 33.6 Å². The van der Waals surface area contributed by atoms with E-state index in [4.69, 9.17) is 11.6 Å². The highest BCUT2D eigenvalue weighted by molar-refractivity contribution is 8.00. The van der Waals surface area contributed by atoms with Crippen LogP contribution in [0.15, 0.2) is 47.4 Å². The number of alkyl halides is 6. The van der Waals surface area contributed by atoms with Gasteiger partial charge in [0, 0.05) is 68.0 Å². The Hall–Kier alpha value is -2.31. The number of halogens is 7. The van der Waals surface area contributed by atoms with E-state index < -0.39 is 17.2 Å². The molecule has 2 aromatic rings. The van der Waals surface area contributed by atoms with E-state index in [0.29, 0.717) is 25.2 Å². The van der Waals surface area contributed by atoms with Crippen molar-refractivity contribution in [1.82, 2.24) is 9.80 Å². The normalized spacial score (nSPS) is 17.8. The van der Waals surface area contributed by atoms with E-state index in [9.17, 15) is 31.1 Å². The molecule has 1 amide bonds. The van der Waals surface area contributed by atoms with Gasteiger partial charge >= 0.3 is 11.7 Å². The molecule has 0 radical (unpaired) electrons. The Morgan fingerprint density at radius 3 is 2.15 bits per heavy atom. The van der Waals surface area contributed by atoms with Crippen LogP contribution in [0.2, 0.25) is 5.02 Å². The maximum atomic E-state index is 12.8. The number of nitrogens with one attached hydrogen (secondary N) is 1. The number of hydrogen-bond donors (Lipinski definition) is 1. The van der Waals surface area contributed by atoms with E-state index >= 15 is 0 Å². The minimum Gasteiger partial charge on any atom is -0.382 e. The summed E-state index contributed by atoms with van der Waals surface area (Å²) in [4.78, 5) is 18.9. The molecule has 2 fully saturated rings. The van der Waals surface area contributed by atoms with Gasteiger partial charge in [0.05, 0.1) is 10.6 Å². The van der Waals surface area contributed by atoms with Crippen molar-refractivity contribution in [1.29, 1.82) is 0 Å². The van der Waals surface area contributed by atoms with Crippen molar-refractivity contribution in [2.24, 2.45) is 0 Å². The van der Waals surface area contributed by atoms with Crippen molar-refractivity contribution < 1.29 is 31.1 Å². The molecule has 0 unspecified atom stereocenters. The summed E-state index contributed by atoms with van der Waals surface area (Å²) in [6.07, 6.45) is -1.70. The standard InChI is InChI=1S/C27H31ClF6N4OS/c28-23-18-21(5-8-24(23)40-27(32,33)34)35-20-9-12-38(13-10-20)25(39)2-1-11-36-14-16-37(17-15-36)22-6-3-19(4-7-22)26(29,30)31/h3-8,18,20,35H,1-2,9-17H2. The van der Waals surface area contributed by atoms with Crippen molar-refractivity contribution in [3.05, 3.63) is 53.1 Å². The summed E-state index contributed by atoms with van der Waals surface area (Å²) >= 11 is 5.78. The molecule has 0 aromatic heterocycles. The van der Waals surface area contributed by atoms with Gasteiger partial charge in [0.1, 0.15) is 0 Å². The molecule has 0 aliphatic carbocycles. The molecule has 0 atom stereocenters. The lowest BCUT2D eigenvalue weighted by Crippen LogP contribution is -2.47. The zero-order valence-corrected chi connectivity index (χ0v) is 23.3. The first-order valence-electron chi connectivity index (χ1n) is 13.1. The number of nitrogens with zero attached hydrogens (tertiary/aromatic N) is 3. The predicted molar refractivity (Wildman–Crippen MR) is 146 cm³/mol. The molecular formula is C27H31ClF6N4OS. The number of amides is 1. The monoisotopic (exact) mass is 608 g/mol. The molecular weight excluding hydrogens is 578 g/mol. The number of rotatable bonds is 8. The van der Waals surface area contributed by atoms with Gasteiger partial charge < -0.3 is 15.1 Å². The maximum Gasteiger partial charge on any atom is 0.446 e. The average Bonchev–Trinajstić information content (AvgIpc) is 2.90. The lowest BCUT2D eigenvalue weighted by molar-refractivity contribution is -0.137. The fourth-order valence-corrected chi connectivity index (χ4v) is 5.85. The highest BCUT2D eigenvalue weighted by Gasteiger charge is 2.31. The number of carbonyl (C=O) groups is 1. The SMILES string of the molecule is O=C(CCCN1CCN(c2ccc(C(F)(F)F)cc2)CC1)N1CCC(Nc2ccc(SC(F)(F)F)c(Cl)c2)CC1. The second-order valence-corrected chi connectivity index (χ2v) is 11.5. The summed E-state index contributed by atoms with van der Waals surface area (Å²) in [5.41, 5.74) is -3.62. The average molecular weight is 609 g/mol. The van der Waals surface area contributed by atoms with Crippen LogP contribution in [0.3, 0.4) is 0 Å². The van der Waals surface area contributed by atoms with Crippen molar-refractivity contribution in [2.45, 2.75) is 48.3 Å². The Balaban J connectivity index is 1.12. The number of anilines is 2. The number of hydrogen-bond acceptors (Lipinski definition) is 5. The molecule has 4 rings (SSSR count). The fourth-order valence-electron chi connectivity index (χ4n) is 5.01. The molecule has 0 spiro atoms. The zero-order valence-electron chi connectivity index (χ0n) is 21.7. The van der Waals surface area contributed by atoms with E-state index in [2.05, 4.69) is 15.1 Å². The number of piperidine rings is 1. The molecule has 0 saturated carbocycles. The van der Waals surface area contributed by atoms with E-state index in [0.717, 1.165) is 69.8 Å². The Morgan fingerprint density at radius 2 is 1.57 bits per heavy atom. The van der Waals surface area contributed by atoms with Crippen LogP contribution in [-0.2, 0) is 11.0 Å². The van der Waals surface area contributed by atoms with Gasteiger partial charge in [-0.05, 0) is 80.0 Å². The van der Waals surface area contributed by atoms with Gasteiger partial charge in [0.2, 0.25) is 5.91 Å². The highest BCUT2D eigenvalue weighted by Crippen LogP contribution is 2.41. The third-order valence-electron chi connectivity index (χ3n) is 7.17.